The molecule has 1 N–H and O–H groups in total. The Morgan fingerprint density at radius 3 is 1.45 bits per heavy atom. The van der Waals surface area contributed by atoms with Crippen LogP contribution in [0.3, 0.4) is 0 Å². The van der Waals surface area contributed by atoms with E-state index in [-0.39, 0.29) is 30.8 Å². The molecule has 49 heavy (non-hydrogen) atoms. The van der Waals surface area contributed by atoms with Crippen molar-refractivity contribution in [3.05, 3.63) is 44.3 Å². The van der Waals surface area contributed by atoms with Gasteiger partial charge in [-0.3, -0.25) is 19.2 Å². The molecule has 4 aromatic heterocycles. The molecule has 2 aliphatic rings. The van der Waals surface area contributed by atoms with E-state index < -0.39 is 24.3 Å². The van der Waals surface area contributed by atoms with Crippen LogP contribution in [0.1, 0.15) is 132 Å². The van der Waals surface area contributed by atoms with Gasteiger partial charge in [0.05, 0.1) is 0 Å². The smallest absolute Gasteiger partial charge is 0.449 e. The van der Waals surface area contributed by atoms with E-state index in [2.05, 4.69) is 19.9 Å². The fraction of sp³-hybridized carbons (Fsp3) is 0.515. The lowest BCUT2D eigenvalue weighted by molar-refractivity contribution is -0.171. The fourth-order valence-corrected chi connectivity index (χ4v) is 8.88. The normalized spacial score (nSPS) is 14.3. The summed E-state index contributed by atoms with van der Waals surface area (Å²) in [7, 11) is 0. The number of hydrogen-bond donors (Lipinski definition) is 1. The maximum Gasteiger partial charge on any atom is 0.449 e. The van der Waals surface area contributed by atoms with Crippen molar-refractivity contribution < 1.29 is 37.5 Å². The van der Waals surface area contributed by atoms with Crippen LogP contribution in [0.25, 0.3) is 20.0 Å². The summed E-state index contributed by atoms with van der Waals surface area (Å²) >= 11 is 6.13. The molecule has 0 atom stereocenters. The predicted molar refractivity (Wildman–Crippen MR) is 184 cm³/mol. The zero-order chi connectivity index (χ0) is 35.0. The molecule has 2 aliphatic carbocycles. The number of aromatic nitrogens is 4. The summed E-state index contributed by atoms with van der Waals surface area (Å²) in [5.41, 5.74) is 1.12. The first-order chi connectivity index (χ1) is 23.5. The highest BCUT2D eigenvalue weighted by Gasteiger charge is 2.37. The van der Waals surface area contributed by atoms with E-state index in [1.165, 1.54) is 34.0 Å². The minimum absolute atomic E-state index is 0.0758. The van der Waals surface area contributed by atoms with Crippen molar-refractivity contribution in [1.29, 1.82) is 0 Å². The topological polar surface area (TPSA) is 140 Å². The van der Waals surface area contributed by atoms with Gasteiger partial charge < -0.3 is 5.11 Å². The Balaban J connectivity index is 0.000000192. The minimum Gasteiger partial charge on any atom is -0.481 e. The number of hydrogen-bond acceptors (Lipinski definition) is 12. The Labute approximate surface area is 297 Å². The average Bonchev–Trinajstić information content (AvgIpc) is 3.78. The van der Waals surface area contributed by atoms with Crippen LogP contribution in [0.4, 0.5) is 13.2 Å². The van der Waals surface area contributed by atoms with Gasteiger partial charge in [0, 0.05) is 58.6 Å². The molecule has 2 fully saturated rings. The van der Waals surface area contributed by atoms with E-state index in [0.717, 1.165) is 68.3 Å². The molecule has 6 rings (SSSR count). The third kappa shape index (κ3) is 10.9. The van der Waals surface area contributed by atoms with Gasteiger partial charge >= 0.3 is 12.1 Å². The second-order valence-corrected chi connectivity index (χ2v) is 15.8. The number of alkyl halides is 3. The third-order valence-corrected chi connectivity index (χ3v) is 12.1. The van der Waals surface area contributed by atoms with Crippen molar-refractivity contribution in [2.24, 2.45) is 0 Å². The molecule has 0 saturated heterocycles. The van der Waals surface area contributed by atoms with Gasteiger partial charge in [0.15, 0.2) is 31.6 Å². The second-order valence-electron chi connectivity index (χ2n) is 12.0. The largest absolute Gasteiger partial charge is 0.481 e. The Kier molecular flexibility index (Phi) is 13.0. The number of carboxylic acids is 1. The highest BCUT2D eigenvalue weighted by atomic mass is 32.1. The first-order valence-corrected chi connectivity index (χ1v) is 19.6. The van der Waals surface area contributed by atoms with Gasteiger partial charge in [-0.2, -0.15) is 13.2 Å². The van der Waals surface area contributed by atoms with Crippen molar-refractivity contribution in [2.45, 2.75) is 108 Å². The Bertz CT molecular complexity index is 1730. The maximum atomic E-state index is 12.5. The van der Waals surface area contributed by atoms with Crippen LogP contribution in [-0.2, 0) is 9.59 Å². The molecule has 0 bridgehead atoms. The standard InChI is InChI=1S/C17H17F3N2O2S2.C16H18N2O3S2/c18-17(19,20)12(24)5-3-1-2-4-11(23)13-14(10-6-7-10)26-16(22-13)15-21-8-9-25-15;19-11(4-2-1-3-5-12(20)21)13-14(10-6-7-10)23-16(18-13)15-17-8-9-22-15/h8-10H,1-7H2;8-10H,1-7H2,(H,20,21). The molecule has 0 spiro atoms. The monoisotopic (exact) mass is 752 g/mol. The molecule has 0 radical (unpaired) electrons. The van der Waals surface area contributed by atoms with Crippen molar-refractivity contribution in [2.75, 3.05) is 0 Å². The van der Waals surface area contributed by atoms with E-state index in [0.29, 0.717) is 48.9 Å². The molecule has 262 valence electrons. The summed E-state index contributed by atoms with van der Waals surface area (Å²) in [5.74, 6) is -1.58. The number of unbranched alkanes of at least 4 members (excludes halogenated alkanes) is 4. The molecule has 0 unspecified atom stereocenters. The van der Waals surface area contributed by atoms with E-state index in [9.17, 15) is 32.3 Å². The van der Waals surface area contributed by atoms with Crippen LogP contribution in [0.2, 0.25) is 0 Å². The van der Waals surface area contributed by atoms with Crippen LogP contribution in [0, 0.1) is 0 Å². The van der Waals surface area contributed by atoms with Gasteiger partial charge in [0.1, 0.15) is 11.4 Å². The van der Waals surface area contributed by atoms with E-state index in [1.54, 1.807) is 23.7 Å². The number of rotatable bonds is 18. The number of halogens is 3. The fourth-order valence-electron chi connectivity index (χ4n) is 5.01. The molecule has 0 amide bonds. The lowest BCUT2D eigenvalue weighted by atomic mass is 10.1. The molecule has 16 heteroatoms. The van der Waals surface area contributed by atoms with Crippen LogP contribution in [0.15, 0.2) is 23.2 Å². The van der Waals surface area contributed by atoms with E-state index in [4.69, 9.17) is 5.11 Å². The molecular formula is C33H35F3N4O5S4. The highest BCUT2D eigenvalue weighted by Crippen LogP contribution is 2.47. The lowest BCUT2D eigenvalue weighted by Crippen LogP contribution is -2.22. The number of carboxylic acid groups (broad SMARTS) is 1. The Hall–Kier alpha value is -3.21. The first-order valence-electron chi connectivity index (χ1n) is 16.2. The maximum absolute atomic E-state index is 12.5. The van der Waals surface area contributed by atoms with Crippen LogP contribution >= 0.6 is 45.3 Å². The van der Waals surface area contributed by atoms with Crippen LogP contribution in [0.5, 0.6) is 0 Å². The summed E-state index contributed by atoms with van der Waals surface area (Å²) in [6.45, 7) is 0. The van der Waals surface area contributed by atoms with Gasteiger partial charge in [0.2, 0.25) is 5.78 Å². The van der Waals surface area contributed by atoms with Crippen molar-refractivity contribution in [1.82, 2.24) is 19.9 Å². The van der Waals surface area contributed by atoms with Gasteiger partial charge in [0.25, 0.3) is 0 Å². The zero-order valence-electron chi connectivity index (χ0n) is 26.5. The van der Waals surface area contributed by atoms with Crippen molar-refractivity contribution >= 4 is 68.7 Å². The molecule has 4 heterocycles. The Morgan fingerprint density at radius 1 is 0.653 bits per heavy atom. The summed E-state index contributed by atoms with van der Waals surface area (Å²) in [6, 6.07) is 0. The minimum atomic E-state index is -4.76. The molecular weight excluding hydrogens is 718 g/mol. The summed E-state index contributed by atoms with van der Waals surface area (Å²) in [6.07, 6.45) is 6.53. The predicted octanol–water partition coefficient (Wildman–Crippen LogP) is 9.77. The van der Waals surface area contributed by atoms with E-state index >= 15 is 0 Å². The first kappa shape index (κ1) is 37.1. The second kappa shape index (κ2) is 17.1. The lowest BCUT2D eigenvalue weighted by Gasteiger charge is -2.04. The molecule has 9 nitrogen and oxygen atoms in total. The van der Waals surface area contributed by atoms with Crippen LogP contribution in [-0.4, -0.2) is 54.5 Å². The number of Topliss-reactive ketones (excluding diaryl/α,β-unsaturated/α-hetero) is 3. The number of carbonyl (C=O) groups is 4. The quantitative estimate of drug-likeness (QED) is 0.0777. The van der Waals surface area contributed by atoms with Gasteiger partial charge in [-0.05, 0) is 63.2 Å². The molecule has 2 saturated carbocycles. The number of carbonyl (C=O) groups excluding carboxylic acids is 3. The SMILES string of the molecule is O=C(CCCCCC(=O)C(F)(F)F)c1nc(-c2nccs2)sc1C1CC1.O=C(O)CCCCCC(=O)c1nc(-c2nccs2)sc1C1CC1. The van der Waals surface area contributed by atoms with Crippen molar-refractivity contribution in [3.63, 3.8) is 0 Å². The molecule has 0 aliphatic heterocycles. The number of aliphatic carboxylic acids is 1. The van der Waals surface area contributed by atoms with Crippen molar-refractivity contribution in [3.8, 4) is 20.0 Å². The summed E-state index contributed by atoms with van der Waals surface area (Å²) in [4.78, 5) is 66.0. The molecule has 4 aromatic rings. The average molecular weight is 753 g/mol. The number of nitrogens with zero attached hydrogens (tertiary/aromatic N) is 4. The summed E-state index contributed by atoms with van der Waals surface area (Å²) in [5, 5.41) is 15.7. The highest BCUT2D eigenvalue weighted by molar-refractivity contribution is 7.21. The molecule has 0 aromatic carbocycles. The number of thiazole rings is 4. The third-order valence-electron chi connectivity index (χ3n) is 7.88. The van der Waals surface area contributed by atoms with Gasteiger partial charge in [-0.25, -0.2) is 19.9 Å². The zero-order valence-corrected chi connectivity index (χ0v) is 29.8. The summed E-state index contributed by atoms with van der Waals surface area (Å²) < 4.78 is 36.4. The van der Waals surface area contributed by atoms with Gasteiger partial charge in [-0.1, -0.05) is 12.8 Å². The Morgan fingerprint density at radius 2 is 1.08 bits per heavy atom. The van der Waals surface area contributed by atoms with Crippen LogP contribution < -0.4 is 0 Å². The van der Waals surface area contributed by atoms with Gasteiger partial charge in [-0.15, -0.1) is 45.3 Å². The number of ketones is 3. The van der Waals surface area contributed by atoms with E-state index in [1.807, 2.05) is 10.8 Å².